The predicted octanol–water partition coefficient (Wildman–Crippen LogP) is 0.961. The lowest BCUT2D eigenvalue weighted by molar-refractivity contribution is 0.0731. The van der Waals surface area contributed by atoms with Crippen molar-refractivity contribution in [3.8, 4) is 11.4 Å². The molecule has 4 heterocycles. The number of carbonyl (C=O) groups is 2. The Bertz CT molecular complexity index is 1060. The van der Waals surface area contributed by atoms with E-state index in [1.54, 1.807) is 23.4 Å². The maximum absolute atomic E-state index is 12.9. The lowest BCUT2D eigenvalue weighted by atomic mass is 10.0. The van der Waals surface area contributed by atoms with Gasteiger partial charge >= 0.3 is 0 Å². The van der Waals surface area contributed by atoms with E-state index >= 15 is 0 Å². The van der Waals surface area contributed by atoms with Gasteiger partial charge in [-0.25, -0.2) is 9.97 Å². The first-order valence-corrected chi connectivity index (χ1v) is 10.1. The summed E-state index contributed by atoms with van der Waals surface area (Å²) in [4.78, 5) is 39.7. The van der Waals surface area contributed by atoms with Gasteiger partial charge in [0.1, 0.15) is 0 Å². The summed E-state index contributed by atoms with van der Waals surface area (Å²) < 4.78 is 0. The number of carbonyl (C=O) groups excluding carboxylic acids is 2. The van der Waals surface area contributed by atoms with Crippen LogP contribution in [0.15, 0.2) is 36.9 Å². The molecule has 1 atom stereocenters. The van der Waals surface area contributed by atoms with Gasteiger partial charge in [0.05, 0.1) is 30.5 Å². The first-order valence-electron chi connectivity index (χ1n) is 10.1. The second kappa shape index (κ2) is 9.00. The molecule has 160 valence electrons. The molecule has 31 heavy (non-hydrogen) atoms. The summed E-state index contributed by atoms with van der Waals surface area (Å²) in [7, 11) is 0. The van der Waals surface area contributed by atoms with E-state index in [-0.39, 0.29) is 24.5 Å². The molecule has 0 fully saturated rings. The van der Waals surface area contributed by atoms with Gasteiger partial charge in [0.15, 0.2) is 11.5 Å². The summed E-state index contributed by atoms with van der Waals surface area (Å²) >= 11 is 0. The second-order valence-electron chi connectivity index (χ2n) is 7.30. The van der Waals surface area contributed by atoms with Gasteiger partial charge in [0, 0.05) is 42.5 Å². The first kappa shape index (κ1) is 20.6. The van der Waals surface area contributed by atoms with Crippen molar-refractivity contribution in [3.05, 3.63) is 59.4 Å². The molecule has 0 aliphatic carbocycles. The Morgan fingerprint density at radius 2 is 2.10 bits per heavy atom. The number of H-pyrrole nitrogens is 1. The number of hydrogen-bond donors (Lipinski definition) is 3. The molecule has 0 aromatic carbocycles. The Hall–Kier alpha value is -3.66. The third-order valence-electron chi connectivity index (χ3n) is 5.30. The maximum atomic E-state index is 12.9. The van der Waals surface area contributed by atoms with Crippen LogP contribution in [0.1, 0.15) is 45.4 Å². The SMILES string of the molecule is CC[C@@H](CO)NC(=O)c1n[nH]c2c1CCN(C(=O)c1cnc(-c3cccnc3)nc1)C2. The van der Waals surface area contributed by atoms with Gasteiger partial charge in [0.2, 0.25) is 0 Å². The van der Waals surface area contributed by atoms with E-state index in [1.165, 1.54) is 12.4 Å². The van der Waals surface area contributed by atoms with Crippen LogP contribution in [0.4, 0.5) is 0 Å². The summed E-state index contributed by atoms with van der Waals surface area (Å²) in [6.07, 6.45) is 7.49. The van der Waals surface area contributed by atoms with Crippen molar-refractivity contribution in [2.45, 2.75) is 32.4 Å². The summed E-state index contributed by atoms with van der Waals surface area (Å²) in [5, 5.41) is 19.1. The fraction of sp³-hybridized carbons (Fsp3) is 0.333. The third-order valence-corrected chi connectivity index (χ3v) is 5.30. The minimum atomic E-state index is -0.322. The fourth-order valence-electron chi connectivity index (χ4n) is 3.47. The summed E-state index contributed by atoms with van der Waals surface area (Å²) in [5.41, 5.74) is 3.02. The molecule has 3 aromatic heterocycles. The van der Waals surface area contributed by atoms with Crippen molar-refractivity contribution >= 4 is 11.8 Å². The van der Waals surface area contributed by atoms with E-state index in [4.69, 9.17) is 0 Å². The minimum Gasteiger partial charge on any atom is -0.394 e. The molecular formula is C21H23N7O3. The molecule has 0 spiro atoms. The smallest absolute Gasteiger partial charge is 0.272 e. The molecular weight excluding hydrogens is 398 g/mol. The monoisotopic (exact) mass is 421 g/mol. The number of aliphatic hydroxyl groups excluding tert-OH is 1. The quantitative estimate of drug-likeness (QED) is 0.539. The number of hydrogen-bond acceptors (Lipinski definition) is 7. The Kier molecular flexibility index (Phi) is 5.99. The van der Waals surface area contributed by atoms with Crippen LogP contribution < -0.4 is 5.32 Å². The van der Waals surface area contributed by atoms with Crippen LogP contribution in [0.3, 0.4) is 0 Å². The van der Waals surface area contributed by atoms with Gasteiger partial charge in [-0.2, -0.15) is 5.10 Å². The van der Waals surface area contributed by atoms with Gasteiger partial charge in [-0.05, 0) is 25.0 Å². The van der Waals surface area contributed by atoms with Gasteiger partial charge < -0.3 is 15.3 Å². The van der Waals surface area contributed by atoms with Crippen molar-refractivity contribution < 1.29 is 14.7 Å². The van der Waals surface area contributed by atoms with Crippen LogP contribution in [0.2, 0.25) is 0 Å². The summed E-state index contributed by atoms with van der Waals surface area (Å²) in [5.74, 6) is -0.00375. The highest BCUT2D eigenvalue weighted by Crippen LogP contribution is 2.22. The second-order valence-corrected chi connectivity index (χ2v) is 7.30. The zero-order chi connectivity index (χ0) is 21.8. The fourth-order valence-corrected chi connectivity index (χ4v) is 3.47. The van der Waals surface area contributed by atoms with Gasteiger partial charge in [0.25, 0.3) is 11.8 Å². The normalized spacial score (nSPS) is 14.1. The standard InChI is InChI=1S/C21H23N7O3/c1-2-15(12-29)25-20(30)18-16-5-7-28(11-17(16)26-27-18)21(31)14-9-23-19(24-10-14)13-4-3-6-22-8-13/h3-4,6,8-10,15,29H,2,5,7,11-12H2,1H3,(H,25,30)(H,26,27)/t15-/m0/s1. The van der Waals surface area contributed by atoms with Crippen molar-refractivity contribution in [2.24, 2.45) is 0 Å². The highest BCUT2D eigenvalue weighted by Gasteiger charge is 2.28. The molecule has 1 aliphatic heterocycles. The first-order chi connectivity index (χ1) is 15.1. The minimum absolute atomic E-state index is 0.126. The number of aromatic nitrogens is 5. The van der Waals surface area contributed by atoms with E-state index in [9.17, 15) is 14.7 Å². The maximum Gasteiger partial charge on any atom is 0.272 e. The van der Waals surface area contributed by atoms with E-state index < -0.39 is 0 Å². The number of nitrogens with one attached hydrogen (secondary N) is 2. The van der Waals surface area contributed by atoms with Crippen LogP contribution in [0.25, 0.3) is 11.4 Å². The molecule has 0 radical (unpaired) electrons. The van der Waals surface area contributed by atoms with Crippen molar-refractivity contribution in [2.75, 3.05) is 13.2 Å². The lowest BCUT2D eigenvalue weighted by Crippen LogP contribution is -2.39. The average molecular weight is 421 g/mol. The summed E-state index contributed by atoms with van der Waals surface area (Å²) in [6, 6.07) is 3.34. The molecule has 3 aromatic rings. The number of aliphatic hydroxyl groups is 1. The Morgan fingerprint density at radius 3 is 2.77 bits per heavy atom. The average Bonchev–Trinajstić information content (AvgIpc) is 3.26. The van der Waals surface area contributed by atoms with Gasteiger partial charge in [-0.15, -0.1) is 0 Å². The number of fused-ring (bicyclic) bond motifs is 1. The Morgan fingerprint density at radius 1 is 1.29 bits per heavy atom. The number of nitrogens with zero attached hydrogens (tertiary/aromatic N) is 5. The van der Waals surface area contributed by atoms with Crippen LogP contribution >= 0.6 is 0 Å². The largest absolute Gasteiger partial charge is 0.394 e. The lowest BCUT2D eigenvalue weighted by Gasteiger charge is -2.26. The molecule has 0 saturated heterocycles. The van der Waals surface area contributed by atoms with Crippen molar-refractivity contribution in [1.82, 2.24) is 35.4 Å². The van der Waals surface area contributed by atoms with E-state index in [0.29, 0.717) is 43.0 Å². The highest BCUT2D eigenvalue weighted by molar-refractivity contribution is 5.95. The molecule has 10 nitrogen and oxygen atoms in total. The molecule has 2 amide bonds. The number of aromatic amines is 1. The number of pyridine rings is 1. The van der Waals surface area contributed by atoms with Crippen LogP contribution in [-0.4, -0.2) is 66.2 Å². The molecule has 0 saturated carbocycles. The number of amides is 2. The van der Waals surface area contributed by atoms with Crippen LogP contribution in [0.5, 0.6) is 0 Å². The third kappa shape index (κ3) is 4.29. The molecule has 4 rings (SSSR count). The summed E-state index contributed by atoms with van der Waals surface area (Å²) in [6.45, 7) is 2.53. The zero-order valence-corrected chi connectivity index (χ0v) is 17.1. The molecule has 3 N–H and O–H groups in total. The topological polar surface area (TPSA) is 137 Å². The molecule has 0 bridgehead atoms. The number of rotatable bonds is 6. The van der Waals surface area contributed by atoms with Crippen molar-refractivity contribution in [3.63, 3.8) is 0 Å². The molecule has 10 heteroatoms. The molecule has 1 aliphatic rings. The van der Waals surface area contributed by atoms with Crippen LogP contribution in [0, 0.1) is 0 Å². The predicted molar refractivity (Wildman–Crippen MR) is 111 cm³/mol. The zero-order valence-electron chi connectivity index (χ0n) is 17.1. The van der Waals surface area contributed by atoms with E-state index in [1.807, 2.05) is 13.0 Å². The van der Waals surface area contributed by atoms with Gasteiger partial charge in [-0.3, -0.25) is 19.7 Å². The Balaban J connectivity index is 1.45. The van der Waals surface area contributed by atoms with E-state index in [2.05, 4.69) is 30.5 Å². The highest BCUT2D eigenvalue weighted by atomic mass is 16.3. The molecule has 0 unspecified atom stereocenters. The van der Waals surface area contributed by atoms with Crippen molar-refractivity contribution in [1.29, 1.82) is 0 Å². The Labute approximate surface area is 178 Å². The van der Waals surface area contributed by atoms with E-state index in [0.717, 1.165) is 16.8 Å². The van der Waals surface area contributed by atoms with Gasteiger partial charge in [-0.1, -0.05) is 6.92 Å². The van der Waals surface area contributed by atoms with Crippen LogP contribution in [-0.2, 0) is 13.0 Å².